The van der Waals surface area contributed by atoms with Crippen LogP contribution in [0.25, 0.3) is 5.65 Å². The lowest BCUT2D eigenvalue weighted by molar-refractivity contribution is 0.670. The summed E-state index contributed by atoms with van der Waals surface area (Å²) in [6, 6.07) is 3.98. The number of H-pyrrole nitrogens is 1. The van der Waals surface area contributed by atoms with E-state index in [1.807, 2.05) is 37.4 Å². The highest BCUT2D eigenvalue weighted by molar-refractivity contribution is 5.53. The van der Waals surface area contributed by atoms with E-state index in [0.717, 1.165) is 47.1 Å². The molecule has 0 aliphatic carbocycles. The molecule has 7 nitrogen and oxygen atoms in total. The molecule has 0 bridgehead atoms. The Balaban J connectivity index is 1.82. The Labute approximate surface area is 133 Å². The molecule has 23 heavy (non-hydrogen) atoms. The fraction of sp³-hybridized carbons (Fsp3) is 0.375. The number of nitrogens with one attached hydrogen (secondary N) is 1. The van der Waals surface area contributed by atoms with Gasteiger partial charge in [-0.05, 0) is 20.8 Å². The van der Waals surface area contributed by atoms with Gasteiger partial charge in [-0.3, -0.25) is 4.79 Å². The van der Waals surface area contributed by atoms with E-state index in [1.165, 1.54) is 0 Å². The number of anilines is 1. The lowest BCUT2D eigenvalue weighted by Gasteiger charge is -2.29. The van der Waals surface area contributed by atoms with Gasteiger partial charge in [0, 0.05) is 30.8 Å². The highest BCUT2D eigenvalue weighted by atomic mass is 16.1. The van der Waals surface area contributed by atoms with Crippen molar-refractivity contribution in [2.75, 3.05) is 11.4 Å². The predicted molar refractivity (Wildman–Crippen MR) is 86.8 cm³/mol. The van der Waals surface area contributed by atoms with E-state index in [1.54, 1.807) is 0 Å². The lowest BCUT2D eigenvalue weighted by Crippen LogP contribution is -2.37. The second-order valence-corrected chi connectivity index (χ2v) is 6.06. The number of rotatable bonds is 1. The fourth-order valence-electron chi connectivity index (χ4n) is 3.17. The molecule has 1 aliphatic rings. The van der Waals surface area contributed by atoms with Gasteiger partial charge in [-0.15, -0.1) is 0 Å². The van der Waals surface area contributed by atoms with Crippen LogP contribution in [0.3, 0.4) is 0 Å². The number of aromatic amines is 1. The first-order chi connectivity index (χ1) is 11.0. The molecule has 118 valence electrons. The Hall–Kier alpha value is -2.70. The summed E-state index contributed by atoms with van der Waals surface area (Å²) < 4.78 is 1.85. The van der Waals surface area contributed by atoms with Crippen LogP contribution < -0.4 is 10.5 Å². The molecule has 0 spiro atoms. The molecule has 4 rings (SSSR count). The minimum atomic E-state index is -0.0455. The summed E-state index contributed by atoms with van der Waals surface area (Å²) in [5, 5.41) is 4.53. The number of aromatic nitrogens is 5. The van der Waals surface area contributed by atoms with E-state index >= 15 is 0 Å². The Morgan fingerprint density at radius 3 is 2.78 bits per heavy atom. The smallest absolute Gasteiger partial charge is 0.256 e. The summed E-state index contributed by atoms with van der Waals surface area (Å²) in [7, 11) is 0. The summed E-state index contributed by atoms with van der Waals surface area (Å²) in [4.78, 5) is 26.2. The average molecular weight is 310 g/mol. The van der Waals surface area contributed by atoms with Crippen molar-refractivity contribution in [2.24, 2.45) is 0 Å². The molecular formula is C16H18N6O. The molecule has 3 aromatic heterocycles. The SMILES string of the molecule is Cc1cc(N2CCc3nc(C)[nH]c(=O)c3C2)n2nc(C)cc2n1. The molecule has 7 heteroatoms. The Morgan fingerprint density at radius 2 is 1.96 bits per heavy atom. The number of nitrogens with zero attached hydrogens (tertiary/aromatic N) is 5. The molecule has 0 amide bonds. The molecule has 1 aliphatic heterocycles. The summed E-state index contributed by atoms with van der Waals surface area (Å²) in [5.41, 5.74) is 4.30. The number of fused-ring (bicyclic) bond motifs is 2. The molecule has 0 aromatic carbocycles. The van der Waals surface area contributed by atoms with E-state index in [9.17, 15) is 4.79 Å². The lowest BCUT2D eigenvalue weighted by atomic mass is 10.1. The van der Waals surface area contributed by atoms with E-state index < -0.39 is 0 Å². The molecule has 3 aromatic rings. The fourth-order valence-corrected chi connectivity index (χ4v) is 3.17. The van der Waals surface area contributed by atoms with Gasteiger partial charge in [-0.25, -0.2) is 9.97 Å². The zero-order valence-electron chi connectivity index (χ0n) is 13.4. The van der Waals surface area contributed by atoms with Crippen LogP contribution in [-0.4, -0.2) is 31.1 Å². The molecule has 0 fully saturated rings. The van der Waals surface area contributed by atoms with E-state index in [-0.39, 0.29) is 5.56 Å². The van der Waals surface area contributed by atoms with E-state index in [2.05, 4.69) is 25.0 Å². The predicted octanol–water partition coefficient (Wildman–Crippen LogP) is 1.30. The molecule has 0 unspecified atom stereocenters. The van der Waals surface area contributed by atoms with Gasteiger partial charge in [-0.1, -0.05) is 0 Å². The standard InChI is InChI=1S/C16H18N6O/c1-9-7-15(22-14(17-9)6-10(2)20-22)21-5-4-13-12(8-21)16(23)19-11(3)18-13/h6-7H,4-5,8H2,1-3H3,(H,18,19,23). The third kappa shape index (κ3) is 2.28. The quantitative estimate of drug-likeness (QED) is 0.733. The van der Waals surface area contributed by atoms with Crippen LogP contribution in [0.1, 0.15) is 28.5 Å². The molecular weight excluding hydrogens is 292 g/mol. The van der Waals surface area contributed by atoms with Crippen molar-refractivity contribution in [3.05, 3.63) is 51.0 Å². The highest BCUT2D eigenvalue weighted by Gasteiger charge is 2.23. The maximum absolute atomic E-state index is 12.2. The highest BCUT2D eigenvalue weighted by Crippen LogP contribution is 2.23. The Bertz CT molecular complexity index is 971. The number of aryl methyl sites for hydroxylation is 3. The molecule has 0 atom stereocenters. The molecule has 0 saturated carbocycles. The Kier molecular flexibility index (Phi) is 2.97. The van der Waals surface area contributed by atoms with E-state index in [4.69, 9.17) is 0 Å². The molecule has 4 heterocycles. The first-order valence-electron chi connectivity index (χ1n) is 7.69. The third-order valence-electron chi connectivity index (χ3n) is 4.17. The van der Waals surface area contributed by atoms with Crippen LogP contribution in [0.5, 0.6) is 0 Å². The van der Waals surface area contributed by atoms with Gasteiger partial charge in [0.2, 0.25) is 0 Å². The minimum absolute atomic E-state index is 0.0455. The number of hydrogen-bond acceptors (Lipinski definition) is 5. The van der Waals surface area contributed by atoms with Crippen LogP contribution in [-0.2, 0) is 13.0 Å². The van der Waals surface area contributed by atoms with Gasteiger partial charge < -0.3 is 9.88 Å². The van der Waals surface area contributed by atoms with Crippen LogP contribution in [0.2, 0.25) is 0 Å². The van der Waals surface area contributed by atoms with Crippen molar-refractivity contribution in [2.45, 2.75) is 33.7 Å². The second kappa shape index (κ2) is 4.91. The van der Waals surface area contributed by atoms with Gasteiger partial charge >= 0.3 is 0 Å². The number of hydrogen-bond donors (Lipinski definition) is 1. The maximum atomic E-state index is 12.2. The van der Waals surface area contributed by atoms with Crippen LogP contribution in [0.15, 0.2) is 16.9 Å². The average Bonchev–Trinajstić information content (AvgIpc) is 2.86. The summed E-state index contributed by atoms with van der Waals surface area (Å²) in [6.07, 6.45) is 0.753. The van der Waals surface area contributed by atoms with Crippen molar-refractivity contribution >= 4 is 11.5 Å². The topological polar surface area (TPSA) is 79.2 Å². The largest absolute Gasteiger partial charge is 0.351 e. The summed E-state index contributed by atoms with van der Waals surface area (Å²) in [6.45, 7) is 7.09. The van der Waals surface area contributed by atoms with Gasteiger partial charge in [0.05, 0.1) is 23.5 Å². The van der Waals surface area contributed by atoms with Crippen molar-refractivity contribution in [1.82, 2.24) is 24.6 Å². The van der Waals surface area contributed by atoms with Crippen molar-refractivity contribution in [3.8, 4) is 0 Å². The summed E-state index contributed by atoms with van der Waals surface area (Å²) >= 11 is 0. The zero-order valence-corrected chi connectivity index (χ0v) is 13.4. The zero-order chi connectivity index (χ0) is 16.1. The molecule has 0 radical (unpaired) electrons. The Morgan fingerprint density at radius 1 is 1.13 bits per heavy atom. The summed E-state index contributed by atoms with van der Waals surface area (Å²) in [5.74, 6) is 1.64. The first kappa shape index (κ1) is 13.9. The molecule has 1 N–H and O–H groups in total. The van der Waals surface area contributed by atoms with Gasteiger partial charge in [0.25, 0.3) is 5.56 Å². The van der Waals surface area contributed by atoms with Crippen LogP contribution >= 0.6 is 0 Å². The minimum Gasteiger partial charge on any atom is -0.351 e. The van der Waals surface area contributed by atoms with Crippen LogP contribution in [0, 0.1) is 20.8 Å². The monoisotopic (exact) mass is 310 g/mol. The van der Waals surface area contributed by atoms with Crippen molar-refractivity contribution < 1.29 is 0 Å². The van der Waals surface area contributed by atoms with Crippen molar-refractivity contribution in [3.63, 3.8) is 0 Å². The van der Waals surface area contributed by atoms with E-state index in [0.29, 0.717) is 12.4 Å². The third-order valence-corrected chi connectivity index (χ3v) is 4.17. The van der Waals surface area contributed by atoms with Gasteiger partial charge in [0.15, 0.2) is 5.65 Å². The normalized spacial score (nSPS) is 14.3. The molecule has 0 saturated heterocycles. The second-order valence-electron chi connectivity index (χ2n) is 6.06. The van der Waals surface area contributed by atoms with Crippen LogP contribution in [0.4, 0.5) is 5.82 Å². The maximum Gasteiger partial charge on any atom is 0.256 e. The van der Waals surface area contributed by atoms with Gasteiger partial charge in [-0.2, -0.15) is 9.61 Å². The van der Waals surface area contributed by atoms with Crippen molar-refractivity contribution in [1.29, 1.82) is 0 Å². The van der Waals surface area contributed by atoms with Gasteiger partial charge in [0.1, 0.15) is 11.6 Å². The first-order valence-corrected chi connectivity index (χ1v) is 7.69.